The summed E-state index contributed by atoms with van der Waals surface area (Å²) in [6, 6.07) is 20.0. The number of carbonyl (C=O) groups excluding carboxylic acids is 4. The molecule has 1 aliphatic heterocycles. The van der Waals surface area contributed by atoms with E-state index in [1.54, 1.807) is 30.3 Å². The van der Waals surface area contributed by atoms with Crippen molar-refractivity contribution in [3.63, 3.8) is 0 Å². The first-order chi connectivity index (χ1) is 15.9. The molecule has 0 radical (unpaired) electrons. The average Bonchev–Trinajstić information content (AvgIpc) is 3.08. The van der Waals surface area contributed by atoms with Crippen molar-refractivity contribution in [1.82, 2.24) is 0 Å². The second-order valence-corrected chi connectivity index (χ2v) is 7.90. The molecule has 1 N–H and O–H groups in total. The molecule has 0 fully saturated rings. The van der Waals surface area contributed by atoms with Crippen molar-refractivity contribution >= 4 is 35.1 Å². The molecule has 1 heterocycles. The van der Waals surface area contributed by atoms with Gasteiger partial charge in [0.25, 0.3) is 17.7 Å². The Hall–Kier alpha value is -4.26. The summed E-state index contributed by atoms with van der Waals surface area (Å²) in [5, 5.41) is 2.77. The van der Waals surface area contributed by atoms with Crippen LogP contribution in [0.3, 0.4) is 0 Å². The molecule has 7 nitrogen and oxygen atoms in total. The van der Waals surface area contributed by atoms with Crippen molar-refractivity contribution in [2.75, 3.05) is 16.8 Å². The highest BCUT2D eigenvalue weighted by molar-refractivity contribution is 6.34. The van der Waals surface area contributed by atoms with Crippen molar-refractivity contribution in [3.8, 4) is 0 Å². The maximum absolute atomic E-state index is 12.6. The summed E-state index contributed by atoms with van der Waals surface area (Å²) in [7, 11) is 0. The Morgan fingerprint density at radius 2 is 1.42 bits per heavy atom. The predicted octanol–water partition coefficient (Wildman–Crippen LogP) is 4.41. The average molecular weight is 442 g/mol. The molecule has 0 bridgehead atoms. The lowest BCUT2D eigenvalue weighted by molar-refractivity contribution is -0.119. The summed E-state index contributed by atoms with van der Waals surface area (Å²) in [4.78, 5) is 50.9. The van der Waals surface area contributed by atoms with Crippen LogP contribution in [0.5, 0.6) is 0 Å². The normalized spacial score (nSPS) is 12.6. The second kappa shape index (κ2) is 9.08. The highest BCUT2D eigenvalue weighted by Crippen LogP contribution is 2.28. The molecule has 3 aromatic carbocycles. The number of carbonyl (C=O) groups is 4. The van der Waals surface area contributed by atoms with E-state index in [4.69, 9.17) is 4.74 Å². The molecule has 0 spiro atoms. The third kappa shape index (κ3) is 4.39. The Labute approximate surface area is 191 Å². The fraction of sp³-hybridized carbons (Fsp3) is 0.154. The van der Waals surface area contributed by atoms with E-state index in [-0.39, 0.29) is 11.5 Å². The minimum atomic E-state index is -0.684. The van der Waals surface area contributed by atoms with Gasteiger partial charge in [-0.15, -0.1) is 0 Å². The van der Waals surface area contributed by atoms with Gasteiger partial charge in [-0.2, -0.15) is 0 Å². The molecule has 1 aliphatic rings. The van der Waals surface area contributed by atoms with Crippen LogP contribution in [-0.2, 0) is 9.53 Å². The zero-order valence-electron chi connectivity index (χ0n) is 18.2. The topological polar surface area (TPSA) is 92.8 Å². The molecular formula is C26H22N2O5. The lowest BCUT2D eigenvalue weighted by atomic mass is 10.0. The molecule has 0 saturated carbocycles. The lowest BCUT2D eigenvalue weighted by Gasteiger charge is -2.15. The summed E-state index contributed by atoms with van der Waals surface area (Å²) >= 11 is 0. The van der Waals surface area contributed by atoms with Gasteiger partial charge < -0.3 is 10.1 Å². The number of para-hydroxylation sites is 1. The van der Waals surface area contributed by atoms with Gasteiger partial charge in [-0.05, 0) is 53.9 Å². The second-order valence-electron chi connectivity index (χ2n) is 7.90. The third-order valence-corrected chi connectivity index (χ3v) is 5.35. The predicted molar refractivity (Wildman–Crippen MR) is 123 cm³/mol. The van der Waals surface area contributed by atoms with Crippen molar-refractivity contribution < 1.29 is 23.9 Å². The van der Waals surface area contributed by atoms with Crippen LogP contribution in [-0.4, -0.2) is 30.3 Å². The molecule has 7 heteroatoms. The molecule has 4 rings (SSSR count). The van der Waals surface area contributed by atoms with Crippen LogP contribution in [0, 0.1) is 0 Å². The molecule has 0 unspecified atom stereocenters. The summed E-state index contributed by atoms with van der Waals surface area (Å²) in [6.45, 7) is 3.61. The van der Waals surface area contributed by atoms with E-state index in [9.17, 15) is 19.2 Å². The number of nitrogens with one attached hydrogen (secondary N) is 1. The number of anilines is 2. The van der Waals surface area contributed by atoms with Crippen LogP contribution in [0.25, 0.3) is 0 Å². The van der Waals surface area contributed by atoms with Gasteiger partial charge in [0.2, 0.25) is 0 Å². The summed E-state index contributed by atoms with van der Waals surface area (Å²) in [6.07, 6.45) is 0. The monoisotopic (exact) mass is 442 g/mol. The molecule has 0 aliphatic carbocycles. The Kier molecular flexibility index (Phi) is 6.04. The smallest absolute Gasteiger partial charge is 0.338 e. The maximum Gasteiger partial charge on any atom is 0.338 e. The fourth-order valence-corrected chi connectivity index (χ4v) is 3.69. The number of fused-ring (bicyclic) bond motifs is 1. The Morgan fingerprint density at radius 1 is 0.848 bits per heavy atom. The zero-order valence-corrected chi connectivity index (χ0v) is 18.2. The number of benzene rings is 3. The van der Waals surface area contributed by atoms with Crippen LogP contribution in [0.2, 0.25) is 0 Å². The first kappa shape index (κ1) is 22.0. The van der Waals surface area contributed by atoms with Gasteiger partial charge in [0.15, 0.2) is 6.61 Å². The zero-order chi connectivity index (χ0) is 23.5. The van der Waals surface area contributed by atoms with Gasteiger partial charge in [0, 0.05) is 5.69 Å². The van der Waals surface area contributed by atoms with E-state index in [1.807, 2.05) is 32.0 Å². The van der Waals surface area contributed by atoms with E-state index in [1.165, 1.54) is 24.3 Å². The summed E-state index contributed by atoms with van der Waals surface area (Å²) in [5.41, 5.74) is 2.90. The number of rotatable bonds is 6. The number of hydrogen-bond donors (Lipinski definition) is 1. The quantitative estimate of drug-likeness (QED) is 0.451. The molecule has 3 amide bonds. The molecule has 0 saturated heterocycles. The number of imide groups is 1. The molecule has 0 atom stereocenters. The number of nitrogens with zero attached hydrogens (tertiary/aromatic N) is 1. The Bertz CT molecular complexity index is 1210. The van der Waals surface area contributed by atoms with Gasteiger partial charge in [0.1, 0.15) is 0 Å². The van der Waals surface area contributed by atoms with Crippen LogP contribution in [0.1, 0.15) is 56.4 Å². The number of hydrogen-bond acceptors (Lipinski definition) is 5. The van der Waals surface area contributed by atoms with E-state index < -0.39 is 30.3 Å². The molecule has 3 aromatic rings. The third-order valence-electron chi connectivity index (χ3n) is 5.35. The van der Waals surface area contributed by atoms with E-state index in [0.717, 1.165) is 10.5 Å². The Morgan fingerprint density at radius 3 is 2.03 bits per heavy atom. The summed E-state index contributed by atoms with van der Waals surface area (Å²) < 4.78 is 5.12. The highest BCUT2D eigenvalue weighted by atomic mass is 16.5. The van der Waals surface area contributed by atoms with Crippen molar-refractivity contribution in [1.29, 1.82) is 0 Å². The van der Waals surface area contributed by atoms with Gasteiger partial charge in [-0.25, -0.2) is 9.69 Å². The maximum atomic E-state index is 12.6. The number of esters is 1. The number of ether oxygens (including phenoxy) is 1. The fourth-order valence-electron chi connectivity index (χ4n) is 3.69. The minimum Gasteiger partial charge on any atom is -0.452 e. The lowest BCUT2D eigenvalue weighted by Crippen LogP contribution is -2.29. The first-order valence-electron chi connectivity index (χ1n) is 10.5. The molecule has 33 heavy (non-hydrogen) atoms. The highest BCUT2D eigenvalue weighted by Gasteiger charge is 2.36. The van der Waals surface area contributed by atoms with Crippen LogP contribution < -0.4 is 10.2 Å². The van der Waals surface area contributed by atoms with Crippen molar-refractivity contribution in [3.05, 3.63) is 95.1 Å². The van der Waals surface area contributed by atoms with Gasteiger partial charge in [-0.3, -0.25) is 14.4 Å². The van der Waals surface area contributed by atoms with Gasteiger partial charge >= 0.3 is 5.97 Å². The van der Waals surface area contributed by atoms with E-state index in [0.29, 0.717) is 22.5 Å². The Balaban J connectivity index is 1.38. The summed E-state index contributed by atoms with van der Waals surface area (Å²) in [5.74, 6) is -1.73. The standard InChI is InChI=1S/C26H22N2O5/c1-16(2)19-7-5-6-10-22(19)27-23(29)15-33-26(32)17-11-13-18(14-12-17)28-24(30)20-8-3-4-9-21(20)25(28)31/h3-14,16H,15H2,1-2H3,(H,27,29). The van der Waals surface area contributed by atoms with E-state index >= 15 is 0 Å². The first-order valence-corrected chi connectivity index (χ1v) is 10.5. The molecule has 0 aromatic heterocycles. The van der Waals surface area contributed by atoms with Crippen LogP contribution in [0.4, 0.5) is 11.4 Å². The molecule has 166 valence electrons. The minimum absolute atomic E-state index is 0.200. The SMILES string of the molecule is CC(C)c1ccccc1NC(=O)COC(=O)c1ccc(N2C(=O)c3ccccc3C2=O)cc1. The van der Waals surface area contributed by atoms with Crippen LogP contribution in [0.15, 0.2) is 72.8 Å². The van der Waals surface area contributed by atoms with Gasteiger partial charge in [-0.1, -0.05) is 44.2 Å². The molecular weight excluding hydrogens is 420 g/mol. The van der Waals surface area contributed by atoms with E-state index in [2.05, 4.69) is 5.32 Å². The number of amides is 3. The van der Waals surface area contributed by atoms with Crippen LogP contribution >= 0.6 is 0 Å². The van der Waals surface area contributed by atoms with Gasteiger partial charge in [0.05, 0.1) is 22.4 Å². The largest absolute Gasteiger partial charge is 0.452 e. The van der Waals surface area contributed by atoms with Crippen molar-refractivity contribution in [2.45, 2.75) is 19.8 Å². The van der Waals surface area contributed by atoms with Crippen molar-refractivity contribution in [2.24, 2.45) is 0 Å².